The standard InChI is InChI=1S/C26H31NO3/c1-4-7-8-17-27-23(20-13-9-18(5-2)10-14-20)22(25(29)26(27)30)24(28)21-15-11-19(6-3)12-16-21/h9-16,23,28H,4-8,17H2,1-3H3/b24-22-. The van der Waals surface area contributed by atoms with Gasteiger partial charge in [-0.25, -0.2) is 0 Å². The second-order valence-electron chi connectivity index (χ2n) is 7.85. The number of Topliss-reactive ketones (excluding diaryl/α,β-unsaturated/α-hetero) is 1. The van der Waals surface area contributed by atoms with Gasteiger partial charge in [0.25, 0.3) is 11.7 Å². The molecule has 2 aromatic carbocycles. The molecular formula is C26H31NO3. The lowest BCUT2D eigenvalue weighted by Crippen LogP contribution is -2.30. The van der Waals surface area contributed by atoms with Crippen molar-refractivity contribution in [2.45, 2.75) is 58.9 Å². The molecule has 1 heterocycles. The van der Waals surface area contributed by atoms with Crippen LogP contribution in [0.2, 0.25) is 0 Å². The van der Waals surface area contributed by atoms with Crippen molar-refractivity contribution in [2.24, 2.45) is 0 Å². The van der Waals surface area contributed by atoms with Gasteiger partial charge in [0.05, 0.1) is 11.6 Å². The minimum Gasteiger partial charge on any atom is -0.507 e. The molecule has 1 atom stereocenters. The summed E-state index contributed by atoms with van der Waals surface area (Å²) in [7, 11) is 0. The minimum absolute atomic E-state index is 0.0986. The van der Waals surface area contributed by atoms with Crippen molar-refractivity contribution < 1.29 is 14.7 Å². The van der Waals surface area contributed by atoms with E-state index in [1.165, 1.54) is 5.56 Å². The summed E-state index contributed by atoms with van der Waals surface area (Å²) in [4.78, 5) is 27.5. The largest absolute Gasteiger partial charge is 0.507 e. The maximum atomic E-state index is 13.0. The molecule has 0 saturated carbocycles. The van der Waals surface area contributed by atoms with E-state index in [1.54, 1.807) is 4.90 Å². The summed E-state index contributed by atoms with van der Waals surface area (Å²) >= 11 is 0. The number of carbonyl (C=O) groups excluding carboxylic acids is 2. The predicted octanol–water partition coefficient (Wildman–Crippen LogP) is 5.42. The molecule has 0 spiro atoms. The van der Waals surface area contributed by atoms with Crippen LogP contribution in [0.3, 0.4) is 0 Å². The number of amides is 1. The molecule has 0 radical (unpaired) electrons. The van der Waals surface area contributed by atoms with Crippen LogP contribution >= 0.6 is 0 Å². The fourth-order valence-corrected chi connectivity index (χ4v) is 3.98. The summed E-state index contributed by atoms with van der Waals surface area (Å²) in [6.45, 7) is 6.77. The van der Waals surface area contributed by atoms with Gasteiger partial charge in [0.1, 0.15) is 5.76 Å². The maximum absolute atomic E-state index is 13.0. The molecular weight excluding hydrogens is 374 g/mol. The number of carbonyl (C=O) groups is 2. The molecule has 4 nitrogen and oxygen atoms in total. The quantitative estimate of drug-likeness (QED) is 0.276. The van der Waals surface area contributed by atoms with Gasteiger partial charge in [0.15, 0.2) is 0 Å². The highest BCUT2D eigenvalue weighted by atomic mass is 16.3. The van der Waals surface area contributed by atoms with E-state index in [-0.39, 0.29) is 11.3 Å². The number of ketones is 1. The fraction of sp³-hybridized carbons (Fsp3) is 0.385. The van der Waals surface area contributed by atoms with Gasteiger partial charge in [-0.3, -0.25) is 9.59 Å². The van der Waals surface area contributed by atoms with Crippen molar-refractivity contribution in [1.29, 1.82) is 0 Å². The van der Waals surface area contributed by atoms with Gasteiger partial charge >= 0.3 is 0 Å². The first-order valence-corrected chi connectivity index (χ1v) is 11.0. The maximum Gasteiger partial charge on any atom is 0.295 e. The number of hydrogen-bond acceptors (Lipinski definition) is 3. The van der Waals surface area contributed by atoms with E-state index in [0.717, 1.165) is 43.2 Å². The van der Waals surface area contributed by atoms with Gasteiger partial charge in [-0.1, -0.05) is 82.1 Å². The zero-order valence-electron chi connectivity index (χ0n) is 18.1. The highest BCUT2D eigenvalue weighted by molar-refractivity contribution is 6.46. The number of nitrogens with zero attached hydrogens (tertiary/aromatic N) is 1. The van der Waals surface area contributed by atoms with Gasteiger partial charge in [-0.15, -0.1) is 0 Å². The lowest BCUT2D eigenvalue weighted by molar-refractivity contribution is -0.139. The Morgan fingerprint density at radius 3 is 1.97 bits per heavy atom. The third-order valence-corrected chi connectivity index (χ3v) is 5.88. The number of aryl methyl sites for hydroxylation is 2. The average Bonchev–Trinajstić information content (AvgIpc) is 3.04. The van der Waals surface area contributed by atoms with Crippen LogP contribution < -0.4 is 0 Å². The highest BCUT2D eigenvalue weighted by Gasteiger charge is 2.45. The first-order valence-electron chi connectivity index (χ1n) is 11.0. The van der Waals surface area contributed by atoms with Crippen molar-refractivity contribution in [3.63, 3.8) is 0 Å². The molecule has 0 bridgehead atoms. The second kappa shape index (κ2) is 9.75. The molecule has 1 saturated heterocycles. The van der Waals surface area contributed by atoms with Gasteiger partial charge in [0.2, 0.25) is 0 Å². The normalized spacial score (nSPS) is 18.2. The summed E-state index contributed by atoms with van der Waals surface area (Å²) in [5.74, 6) is -1.23. The first-order chi connectivity index (χ1) is 14.5. The van der Waals surface area contributed by atoms with Crippen LogP contribution in [0.15, 0.2) is 54.1 Å². The Morgan fingerprint density at radius 1 is 0.867 bits per heavy atom. The predicted molar refractivity (Wildman–Crippen MR) is 120 cm³/mol. The highest BCUT2D eigenvalue weighted by Crippen LogP contribution is 2.39. The van der Waals surface area contributed by atoms with Crippen molar-refractivity contribution in [3.05, 3.63) is 76.4 Å². The Morgan fingerprint density at radius 2 is 1.43 bits per heavy atom. The number of aliphatic hydroxyl groups excluding tert-OH is 1. The smallest absolute Gasteiger partial charge is 0.295 e. The van der Waals surface area contributed by atoms with Crippen LogP contribution in [0.4, 0.5) is 0 Å². The number of benzene rings is 2. The third kappa shape index (κ3) is 4.33. The van der Waals surface area contributed by atoms with Crippen molar-refractivity contribution in [3.8, 4) is 0 Å². The van der Waals surface area contributed by atoms with Crippen LogP contribution in [0.1, 0.15) is 68.3 Å². The number of likely N-dealkylation sites (tertiary alicyclic amines) is 1. The number of aliphatic hydroxyl groups is 1. The summed E-state index contributed by atoms with van der Waals surface area (Å²) in [6, 6.07) is 14.9. The van der Waals surface area contributed by atoms with E-state index >= 15 is 0 Å². The number of hydrogen-bond donors (Lipinski definition) is 1. The summed E-state index contributed by atoms with van der Waals surface area (Å²) in [5, 5.41) is 11.1. The van der Waals surface area contributed by atoms with Crippen LogP contribution in [-0.4, -0.2) is 28.2 Å². The van der Waals surface area contributed by atoms with Gasteiger partial charge in [0, 0.05) is 12.1 Å². The van der Waals surface area contributed by atoms with E-state index in [0.29, 0.717) is 12.1 Å². The molecule has 1 aliphatic rings. The Balaban J connectivity index is 2.08. The van der Waals surface area contributed by atoms with E-state index < -0.39 is 17.7 Å². The Labute approximate surface area is 179 Å². The SMILES string of the molecule is CCCCCN1C(=O)C(=O)/C(=C(\O)c2ccc(CC)cc2)C1c1ccc(CC)cc1. The molecule has 3 rings (SSSR count). The van der Waals surface area contributed by atoms with Gasteiger partial charge in [-0.05, 0) is 36.0 Å². The summed E-state index contributed by atoms with van der Waals surface area (Å²) < 4.78 is 0. The van der Waals surface area contributed by atoms with E-state index in [2.05, 4.69) is 20.8 Å². The van der Waals surface area contributed by atoms with Crippen LogP contribution in [-0.2, 0) is 22.4 Å². The zero-order chi connectivity index (χ0) is 21.7. The van der Waals surface area contributed by atoms with Crippen LogP contribution in [0, 0.1) is 0 Å². The summed E-state index contributed by atoms with van der Waals surface area (Å²) in [6.07, 6.45) is 4.66. The number of unbranched alkanes of at least 4 members (excludes halogenated alkanes) is 2. The molecule has 158 valence electrons. The molecule has 1 unspecified atom stereocenters. The molecule has 2 aromatic rings. The van der Waals surface area contributed by atoms with Crippen LogP contribution in [0.5, 0.6) is 0 Å². The number of rotatable bonds is 8. The van der Waals surface area contributed by atoms with E-state index in [4.69, 9.17) is 0 Å². The van der Waals surface area contributed by atoms with E-state index in [9.17, 15) is 14.7 Å². The topological polar surface area (TPSA) is 57.6 Å². The Bertz CT molecular complexity index is 926. The fourth-order valence-electron chi connectivity index (χ4n) is 3.98. The van der Waals surface area contributed by atoms with Crippen molar-refractivity contribution in [1.82, 2.24) is 4.90 Å². The molecule has 1 amide bonds. The minimum atomic E-state index is -0.604. The molecule has 1 aliphatic heterocycles. The molecule has 30 heavy (non-hydrogen) atoms. The van der Waals surface area contributed by atoms with Crippen molar-refractivity contribution in [2.75, 3.05) is 6.54 Å². The Hall–Kier alpha value is -2.88. The third-order valence-electron chi connectivity index (χ3n) is 5.88. The first kappa shape index (κ1) is 21.8. The molecule has 0 aliphatic carbocycles. The van der Waals surface area contributed by atoms with Gasteiger partial charge in [-0.2, -0.15) is 0 Å². The average molecular weight is 406 g/mol. The summed E-state index contributed by atoms with van der Waals surface area (Å²) in [5.41, 5.74) is 3.95. The second-order valence-corrected chi connectivity index (χ2v) is 7.85. The monoisotopic (exact) mass is 405 g/mol. The molecule has 1 fully saturated rings. The molecule has 0 aromatic heterocycles. The molecule has 1 N–H and O–H groups in total. The van der Waals surface area contributed by atoms with E-state index in [1.807, 2.05) is 48.5 Å². The Kier molecular flexibility index (Phi) is 7.09. The molecule has 4 heteroatoms. The lowest BCUT2D eigenvalue weighted by Gasteiger charge is -2.25. The lowest BCUT2D eigenvalue weighted by atomic mass is 9.94. The zero-order valence-corrected chi connectivity index (χ0v) is 18.1. The van der Waals surface area contributed by atoms with Gasteiger partial charge < -0.3 is 10.0 Å². The van der Waals surface area contributed by atoms with Crippen molar-refractivity contribution >= 4 is 17.4 Å². The van der Waals surface area contributed by atoms with Crippen LogP contribution in [0.25, 0.3) is 5.76 Å².